The van der Waals surface area contributed by atoms with E-state index in [1.165, 1.54) is 6.42 Å². The molecule has 0 aromatic rings. The van der Waals surface area contributed by atoms with E-state index in [1.807, 2.05) is 0 Å². The van der Waals surface area contributed by atoms with E-state index in [4.69, 9.17) is 18.8 Å². The van der Waals surface area contributed by atoms with Crippen LogP contribution in [0.1, 0.15) is 60.8 Å². The van der Waals surface area contributed by atoms with Gasteiger partial charge in [0.15, 0.2) is 6.29 Å². The largest absolute Gasteiger partial charge is 0.463 e. The van der Waals surface area contributed by atoms with Crippen LogP contribution < -0.4 is 0 Å². The number of ether oxygens (including phenoxy) is 2. The molecule has 0 aromatic carbocycles. The van der Waals surface area contributed by atoms with Crippen LogP contribution in [0.4, 0.5) is 0 Å². The first-order valence-electron chi connectivity index (χ1n) is 7.86. The van der Waals surface area contributed by atoms with Gasteiger partial charge in [-0.2, -0.15) is 0 Å². The average Bonchev–Trinajstić information content (AvgIpc) is 2.58. The third kappa shape index (κ3) is 3.38. The van der Waals surface area contributed by atoms with Crippen molar-refractivity contribution in [2.24, 2.45) is 0 Å². The minimum Gasteiger partial charge on any atom is -0.403 e. The summed E-state index contributed by atoms with van der Waals surface area (Å²) >= 11 is 0. The lowest BCUT2D eigenvalue weighted by Crippen LogP contribution is -2.41. The van der Waals surface area contributed by atoms with Crippen molar-refractivity contribution < 1.29 is 18.8 Å². The summed E-state index contributed by atoms with van der Waals surface area (Å²) in [5, 5.41) is 0. The van der Waals surface area contributed by atoms with Gasteiger partial charge in [0.1, 0.15) is 0 Å². The van der Waals surface area contributed by atoms with E-state index in [0.717, 1.165) is 19.4 Å². The van der Waals surface area contributed by atoms with Crippen molar-refractivity contribution in [2.45, 2.75) is 90.2 Å². The van der Waals surface area contributed by atoms with Gasteiger partial charge in [-0.1, -0.05) is 6.92 Å². The third-order valence-corrected chi connectivity index (χ3v) is 4.95. The van der Waals surface area contributed by atoms with E-state index in [1.54, 1.807) is 0 Å². The van der Waals surface area contributed by atoms with E-state index in [9.17, 15) is 0 Å². The highest BCUT2D eigenvalue weighted by molar-refractivity contribution is 6.47. The van der Waals surface area contributed by atoms with Crippen molar-refractivity contribution >= 4 is 7.12 Å². The number of hydrogen-bond donors (Lipinski definition) is 0. The fourth-order valence-corrected chi connectivity index (χ4v) is 2.51. The second kappa shape index (κ2) is 5.95. The van der Waals surface area contributed by atoms with Gasteiger partial charge in [0.05, 0.1) is 17.3 Å². The molecule has 2 aliphatic heterocycles. The maximum Gasteiger partial charge on any atom is 0.463 e. The summed E-state index contributed by atoms with van der Waals surface area (Å²) in [6, 6.07) is 0. The smallest absolute Gasteiger partial charge is 0.403 e. The Balaban J connectivity index is 1.89. The Morgan fingerprint density at radius 1 is 1.05 bits per heavy atom. The van der Waals surface area contributed by atoms with Gasteiger partial charge in [0, 0.05) is 12.4 Å². The van der Waals surface area contributed by atoms with Crippen molar-refractivity contribution in [3.8, 4) is 0 Å². The molecule has 3 atom stereocenters. The first kappa shape index (κ1) is 16.3. The molecule has 0 spiro atoms. The Bertz CT molecular complexity index is 310. The second-order valence-corrected chi connectivity index (χ2v) is 7.12. The van der Waals surface area contributed by atoms with Gasteiger partial charge in [-0.3, -0.25) is 0 Å². The summed E-state index contributed by atoms with van der Waals surface area (Å²) in [6.45, 7) is 13.3. The molecule has 0 bridgehead atoms. The SMILES string of the molecule is CC(OC1CCCCO1)C(C)B1OC(C)(C)C(C)(C)O1. The molecule has 0 radical (unpaired) electrons. The molecule has 2 saturated heterocycles. The van der Waals surface area contributed by atoms with E-state index < -0.39 is 0 Å². The van der Waals surface area contributed by atoms with Crippen molar-refractivity contribution in [3.05, 3.63) is 0 Å². The minimum absolute atomic E-state index is 0.0489. The average molecular weight is 284 g/mol. The normalized spacial score (nSPS) is 32.1. The first-order chi connectivity index (χ1) is 9.23. The lowest BCUT2D eigenvalue weighted by Gasteiger charge is -2.32. The zero-order valence-corrected chi connectivity index (χ0v) is 13.8. The number of hydrogen-bond acceptors (Lipinski definition) is 4. The van der Waals surface area contributed by atoms with Gasteiger partial charge >= 0.3 is 7.12 Å². The van der Waals surface area contributed by atoms with Crippen LogP contribution in [0.5, 0.6) is 0 Å². The predicted molar refractivity (Wildman–Crippen MR) is 79.6 cm³/mol. The zero-order valence-electron chi connectivity index (χ0n) is 13.8. The molecule has 2 rings (SSSR count). The second-order valence-electron chi connectivity index (χ2n) is 7.12. The highest BCUT2D eigenvalue weighted by atomic mass is 16.7. The highest BCUT2D eigenvalue weighted by Crippen LogP contribution is 2.41. The molecule has 116 valence electrons. The highest BCUT2D eigenvalue weighted by Gasteiger charge is 2.53. The van der Waals surface area contributed by atoms with E-state index in [2.05, 4.69) is 41.5 Å². The molecule has 3 unspecified atom stereocenters. The van der Waals surface area contributed by atoms with Crippen LogP contribution in [-0.2, 0) is 18.8 Å². The fraction of sp³-hybridized carbons (Fsp3) is 1.00. The van der Waals surface area contributed by atoms with E-state index >= 15 is 0 Å². The van der Waals surface area contributed by atoms with Gasteiger partial charge in [0.2, 0.25) is 0 Å². The maximum absolute atomic E-state index is 6.09. The van der Waals surface area contributed by atoms with Gasteiger partial charge in [-0.15, -0.1) is 0 Å². The van der Waals surface area contributed by atoms with Crippen molar-refractivity contribution in [1.82, 2.24) is 0 Å². The fourth-order valence-electron chi connectivity index (χ4n) is 2.51. The summed E-state index contributed by atoms with van der Waals surface area (Å²) in [5.74, 6) is 0.168. The molecule has 2 heterocycles. The standard InChI is InChI=1S/C15H29BO4/c1-11(12(2)18-13-9-7-8-10-17-13)16-19-14(3,4)15(5,6)20-16/h11-13H,7-10H2,1-6H3. The Hall–Kier alpha value is -0.0951. The topological polar surface area (TPSA) is 36.9 Å². The Morgan fingerprint density at radius 2 is 1.65 bits per heavy atom. The summed E-state index contributed by atoms with van der Waals surface area (Å²) in [6.07, 6.45) is 3.29. The molecule has 0 aliphatic carbocycles. The van der Waals surface area contributed by atoms with Gasteiger partial charge < -0.3 is 18.8 Å². The van der Waals surface area contributed by atoms with Crippen molar-refractivity contribution in [2.75, 3.05) is 6.61 Å². The van der Waals surface area contributed by atoms with Crippen molar-refractivity contribution in [1.29, 1.82) is 0 Å². The van der Waals surface area contributed by atoms with Crippen LogP contribution in [0.2, 0.25) is 5.82 Å². The van der Waals surface area contributed by atoms with Crippen LogP contribution in [0.15, 0.2) is 0 Å². The van der Waals surface area contributed by atoms with Crippen LogP contribution in [0.3, 0.4) is 0 Å². The summed E-state index contributed by atoms with van der Waals surface area (Å²) in [4.78, 5) is 0. The molecule has 20 heavy (non-hydrogen) atoms. The first-order valence-corrected chi connectivity index (χ1v) is 7.86. The summed E-state index contributed by atoms with van der Waals surface area (Å²) in [7, 11) is -0.224. The van der Waals surface area contributed by atoms with Gasteiger partial charge in [-0.05, 0) is 53.9 Å². The molecule has 0 amide bonds. The summed E-state index contributed by atoms with van der Waals surface area (Å²) < 4.78 is 23.8. The van der Waals surface area contributed by atoms with Crippen LogP contribution in [0, 0.1) is 0 Å². The van der Waals surface area contributed by atoms with E-state index in [0.29, 0.717) is 0 Å². The molecule has 2 fully saturated rings. The molecule has 5 heteroatoms. The molecule has 0 saturated carbocycles. The minimum atomic E-state index is -0.285. The lowest BCUT2D eigenvalue weighted by molar-refractivity contribution is -0.185. The molecule has 4 nitrogen and oxygen atoms in total. The van der Waals surface area contributed by atoms with Crippen molar-refractivity contribution in [3.63, 3.8) is 0 Å². The quantitative estimate of drug-likeness (QED) is 0.741. The molecular formula is C15H29BO4. The molecule has 0 N–H and O–H groups in total. The van der Waals surface area contributed by atoms with Crippen LogP contribution in [-0.4, -0.2) is 37.3 Å². The zero-order chi connectivity index (χ0) is 15.0. The third-order valence-electron chi connectivity index (χ3n) is 4.95. The van der Waals surface area contributed by atoms with Crippen LogP contribution >= 0.6 is 0 Å². The molecule has 2 aliphatic rings. The Labute approximate surface area is 123 Å². The maximum atomic E-state index is 6.09. The predicted octanol–water partition coefficient (Wildman–Crippen LogP) is 3.40. The van der Waals surface area contributed by atoms with E-state index in [-0.39, 0.29) is 36.5 Å². The van der Waals surface area contributed by atoms with Gasteiger partial charge in [0.25, 0.3) is 0 Å². The lowest BCUT2D eigenvalue weighted by atomic mass is 9.70. The van der Waals surface area contributed by atoms with Gasteiger partial charge in [-0.25, -0.2) is 0 Å². The monoisotopic (exact) mass is 284 g/mol. The number of rotatable bonds is 4. The molecular weight excluding hydrogens is 255 g/mol. The molecule has 0 aromatic heterocycles. The Morgan fingerprint density at radius 3 is 2.15 bits per heavy atom. The summed E-state index contributed by atoms with van der Waals surface area (Å²) in [5.41, 5.74) is -0.569. The Kier molecular flexibility index (Phi) is 4.85. The van der Waals surface area contributed by atoms with Crippen LogP contribution in [0.25, 0.3) is 0 Å².